The van der Waals surface area contributed by atoms with Gasteiger partial charge in [0, 0.05) is 34.9 Å². The van der Waals surface area contributed by atoms with Crippen molar-refractivity contribution in [3.63, 3.8) is 0 Å². The zero-order valence-corrected chi connectivity index (χ0v) is 7.56. The Hall–Kier alpha value is -0.330. The number of hydrogen-bond donors (Lipinski definition) is 0. The monoisotopic (exact) mass is 171 g/mol. The third-order valence-electron chi connectivity index (χ3n) is 1.95. The molecule has 0 radical (unpaired) electrons. The maximum atomic E-state index is 11.1. The summed E-state index contributed by atoms with van der Waals surface area (Å²) >= 11 is 0. The van der Waals surface area contributed by atoms with Crippen LogP contribution in [0, 0.1) is 12.3 Å². The van der Waals surface area contributed by atoms with Crippen molar-refractivity contribution >= 4 is 10.8 Å². The van der Waals surface area contributed by atoms with Crippen LogP contribution >= 0.6 is 0 Å². The van der Waals surface area contributed by atoms with Gasteiger partial charge in [-0.3, -0.25) is 9.11 Å². The normalized spacial score (nSPS) is 33.1. The van der Waals surface area contributed by atoms with E-state index in [0.29, 0.717) is 12.6 Å². The first kappa shape index (κ1) is 8.76. The summed E-state index contributed by atoms with van der Waals surface area (Å²) in [6.07, 6.45) is 5.19. The molecule has 1 rings (SSSR count). The van der Waals surface area contributed by atoms with E-state index in [9.17, 15) is 4.21 Å². The highest BCUT2D eigenvalue weighted by atomic mass is 32.2. The average molecular weight is 171 g/mol. The zero-order chi connectivity index (χ0) is 8.27. The Labute approximate surface area is 70.4 Å². The van der Waals surface area contributed by atoms with E-state index in [1.54, 1.807) is 0 Å². The summed E-state index contributed by atoms with van der Waals surface area (Å²) in [5.41, 5.74) is 0. The molecule has 11 heavy (non-hydrogen) atoms. The lowest BCUT2D eigenvalue weighted by atomic mass is 10.3. The lowest BCUT2D eigenvalue weighted by Crippen LogP contribution is -2.44. The largest absolute Gasteiger partial charge is 0.288 e. The first-order valence-electron chi connectivity index (χ1n) is 3.76. The van der Waals surface area contributed by atoms with E-state index in [2.05, 4.69) is 17.7 Å². The van der Waals surface area contributed by atoms with E-state index < -0.39 is 10.8 Å². The fraction of sp³-hybridized carbons (Fsp3) is 0.750. The van der Waals surface area contributed by atoms with Gasteiger partial charge in [0.2, 0.25) is 0 Å². The number of terminal acetylenes is 1. The molecule has 2 nitrogen and oxygen atoms in total. The van der Waals surface area contributed by atoms with Gasteiger partial charge >= 0.3 is 0 Å². The van der Waals surface area contributed by atoms with Crippen molar-refractivity contribution in [2.75, 3.05) is 24.6 Å². The highest BCUT2D eigenvalue weighted by Gasteiger charge is 2.21. The fourth-order valence-electron chi connectivity index (χ4n) is 1.25. The lowest BCUT2D eigenvalue weighted by molar-refractivity contribution is 0.259. The number of hydrogen-bond acceptors (Lipinski definition) is 2. The van der Waals surface area contributed by atoms with Gasteiger partial charge in [0.25, 0.3) is 0 Å². The smallest absolute Gasteiger partial charge is 0.0601 e. The molecule has 0 aliphatic carbocycles. The quantitative estimate of drug-likeness (QED) is 0.520. The van der Waals surface area contributed by atoms with Crippen LogP contribution in [0.15, 0.2) is 0 Å². The molecule has 0 spiro atoms. The third-order valence-corrected chi connectivity index (χ3v) is 3.44. The van der Waals surface area contributed by atoms with Gasteiger partial charge in [-0.05, 0) is 6.92 Å². The van der Waals surface area contributed by atoms with Gasteiger partial charge in [-0.1, -0.05) is 5.92 Å². The predicted octanol–water partition coefficient (Wildman–Crippen LogP) is 0.0724. The van der Waals surface area contributed by atoms with Crippen LogP contribution in [0.1, 0.15) is 6.92 Å². The first-order chi connectivity index (χ1) is 5.24. The Morgan fingerprint density at radius 2 is 2.55 bits per heavy atom. The van der Waals surface area contributed by atoms with Crippen molar-refractivity contribution in [1.29, 1.82) is 0 Å². The predicted molar refractivity (Wildman–Crippen MR) is 47.7 cm³/mol. The van der Waals surface area contributed by atoms with E-state index >= 15 is 0 Å². The molecule has 3 heteroatoms. The minimum atomic E-state index is -0.605. The molecular weight excluding hydrogens is 158 g/mol. The summed E-state index contributed by atoms with van der Waals surface area (Å²) in [6.45, 7) is 3.66. The molecule has 0 saturated carbocycles. The Morgan fingerprint density at radius 3 is 3.09 bits per heavy atom. The van der Waals surface area contributed by atoms with Gasteiger partial charge in [0.1, 0.15) is 0 Å². The van der Waals surface area contributed by atoms with E-state index in [-0.39, 0.29) is 0 Å². The molecule has 62 valence electrons. The Balaban J connectivity index is 2.45. The SMILES string of the molecule is C#CCN1CCS(=O)CC1C. The Bertz CT molecular complexity index is 197. The highest BCUT2D eigenvalue weighted by molar-refractivity contribution is 7.85. The maximum Gasteiger partial charge on any atom is 0.0601 e. The first-order valence-corrected chi connectivity index (χ1v) is 5.25. The van der Waals surface area contributed by atoms with Crippen LogP contribution in [0.2, 0.25) is 0 Å². The van der Waals surface area contributed by atoms with Crippen molar-refractivity contribution in [3.05, 3.63) is 0 Å². The maximum absolute atomic E-state index is 11.1. The summed E-state index contributed by atoms with van der Waals surface area (Å²) < 4.78 is 11.1. The molecule has 0 aromatic rings. The fourth-order valence-corrected chi connectivity index (χ4v) is 2.60. The zero-order valence-electron chi connectivity index (χ0n) is 6.75. The van der Waals surface area contributed by atoms with Crippen molar-refractivity contribution < 1.29 is 4.21 Å². The lowest BCUT2D eigenvalue weighted by Gasteiger charge is -2.30. The third kappa shape index (κ3) is 2.32. The molecule has 0 aromatic heterocycles. The molecule has 0 N–H and O–H groups in total. The van der Waals surface area contributed by atoms with Crippen LogP contribution in [0.4, 0.5) is 0 Å². The van der Waals surface area contributed by atoms with Crippen LogP contribution < -0.4 is 0 Å². The standard InChI is InChI=1S/C8H13NOS/c1-3-4-9-5-6-11(10)7-8(9)2/h1,8H,4-7H2,2H3. The molecule has 1 saturated heterocycles. The van der Waals surface area contributed by atoms with Gasteiger partial charge in [0.15, 0.2) is 0 Å². The van der Waals surface area contributed by atoms with Crippen LogP contribution in [0.5, 0.6) is 0 Å². The molecule has 2 unspecified atom stereocenters. The summed E-state index contributed by atoms with van der Waals surface area (Å²) in [7, 11) is -0.605. The van der Waals surface area contributed by atoms with Crippen molar-refractivity contribution in [2.24, 2.45) is 0 Å². The molecule has 1 heterocycles. The number of nitrogens with zero attached hydrogens (tertiary/aromatic N) is 1. The second kappa shape index (κ2) is 3.89. The topological polar surface area (TPSA) is 20.3 Å². The van der Waals surface area contributed by atoms with E-state index in [1.165, 1.54) is 0 Å². The summed E-state index contributed by atoms with van der Waals surface area (Å²) in [6, 6.07) is 0.389. The van der Waals surface area contributed by atoms with Crippen LogP contribution in [-0.2, 0) is 10.8 Å². The molecule has 0 bridgehead atoms. The second-order valence-electron chi connectivity index (χ2n) is 2.83. The highest BCUT2D eigenvalue weighted by Crippen LogP contribution is 2.06. The molecule has 1 fully saturated rings. The van der Waals surface area contributed by atoms with Gasteiger partial charge < -0.3 is 0 Å². The molecular formula is C8H13NOS. The van der Waals surface area contributed by atoms with Crippen molar-refractivity contribution in [2.45, 2.75) is 13.0 Å². The molecule has 1 aliphatic heterocycles. The van der Waals surface area contributed by atoms with Crippen LogP contribution in [0.25, 0.3) is 0 Å². The summed E-state index contributed by atoms with van der Waals surface area (Å²) in [5.74, 6) is 4.17. The van der Waals surface area contributed by atoms with Gasteiger partial charge in [-0.2, -0.15) is 0 Å². The molecule has 1 aliphatic rings. The van der Waals surface area contributed by atoms with E-state index in [1.807, 2.05) is 0 Å². The van der Waals surface area contributed by atoms with E-state index in [4.69, 9.17) is 6.42 Å². The molecule has 0 amide bonds. The summed E-state index contributed by atoms with van der Waals surface area (Å²) in [4.78, 5) is 2.20. The van der Waals surface area contributed by atoms with Crippen molar-refractivity contribution in [3.8, 4) is 12.3 Å². The van der Waals surface area contributed by atoms with Gasteiger partial charge in [-0.15, -0.1) is 6.42 Å². The van der Waals surface area contributed by atoms with Gasteiger partial charge in [-0.25, -0.2) is 0 Å². The Kier molecular flexibility index (Phi) is 3.10. The van der Waals surface area contributed by atoms with E-state index in [0.717, 1.165) is 18.1 Å². The second-order valence-corrected chi connectivity index (χ2v) is 4.46. The van der Waals surface area contributed by atoms with Crippen LogP contribution in [-0.4, -0.2) is 39.7 Å². The van der Waals surface area contributed by atoms with Crippen LogP contribution in [0.3, 0.4) is 0 Å². The number of rotatable bonds is 1. The van der Waals surface area contributed by atoms with Crippen molar-refractivity contribution in [1.82, 2.24) is 4.90 Å². The minimum Gasteiger partial charge on any atom is -0.288 e. The molecule has 0 aromatic carbocycles. The minimum absolute atomic E-state index is 0.389. The molecule has 2 atom stereocenters. The summed E-state index contributed by atoms with van der Waals surface area (Å²) in [5, 5.41) is 0. The average Bonchev–Trinajstić information content (AvgIpc) is 1.95. The Morgan fingerprint density at radius 1 is 1.82 bits per heavy atom. The van der Waals surface area contributed by atoms with Gasteiger partial charge in [0.05, 0.1) is 6.54 Å².